The summed E-state index contributed by atoms with van der Waals surface area (Å²) >= 11 is 4.92. The van der Waals surface area contributed by atoms with E-state index in [1.165, 1.54) is 0 Å². The number of hydrogen-bond acceptors (Lipinski definition) is 3. The van der Waals surface area contributed by atoms with Crippen LogP contribution in [0, 0.1) is 0 Å². The highest BCUT2D eigenvalue weighted by molar-refractivity contribution is 9.10. The molecule has 0 saturated heterocycles. The normalized spacial score (nSPS) is 10.2. The van der Waals surface area contributed by atoms with Gasteiger partial charge in [-0.3, -0.25) is 9.59 Å². The van der Waals surface area contributed by atoms with E-state index in [1.54, 1.807) is 23.5 Å². The zero-order chi connectivity index (χ0) is 14.4. The van der Waals surface area contributed by atoms with Gasteiger partial charge in [-0.1, -0.05) is 34.1 Å². The number of amides is 1. The molecular formula is C15H14BrNO2S. The number of halogens is 1. The number of ketones is 1. The Hall–Kier alpha value is -1.46. The lowest BCUT2D eigenvalue weighted by atomic mass is 10.1. The second kappa shape index (κ2) is 7.36. The monoisotopic (exact) mass is 351 g/mol. The highest BCUT2D eigenvalue weighted by Crippen LogP contribution is 2.13. The molecule has 0 aliphatic rings. The fourth-order valence-corrected chi connectivity index (χ4v) is 2.60. The number of Topliss-reactive ketones (excluding diaryl/α,β-unsaturated/α-hetero) is 1. The van der Waals surface area contributed by atoms with E-state index in [2.05, 4.69) is 21.2 Å². The molecular weight excluding hydrogens is 338 g/mol. The van der Waals surface area contributed by atoms with Crippen molar-refractivity contribution in [1.82, 2.24) is 5.32 Å². The molecule has 2 aromatic rings. The highest BCUT2D eigenvalue weighted by Gasteiger charge is 2.09. The number of benzene rings is 1. The van der Waals surface area contributed by atoms with E-state index in [1.807, 2.05) is 29.6 Å². The predicted octanol–water partition coefficient (Wildman–Crippen LogP) is 3.79. The van der Waals surface area contributed by atoms with E-state index in [0.717, 1.165) is 9.35 Å². The molecule has 1 aromatic heterocycles. The van der Waals surface area contributed by atoms with Gasteiger partial charge in [0.2, 0.25) is 5.91 Å². The predicted molar refractivity (Wildman–Crippen MR) is 83.9 cm³/mol. The van der Waals surface area contributed by atoms with Gasteiger partial charge < -0.3 is 5.32 Å². The topological polar surface area (TPSA) is 46.2 Å². The molecule has 0 radical (unpaired) electrons. The van der Waals surface area contributed by atoms with Crippen LogP contribution in [0.25, 0.3) is 0 Å². The van der Waals surface area contributed by atoms with Gasteiger partial charge >= 0.3 is 0 Å². The van der Waals surface area contributed by atoms with Crippen LogP contribution in [0.15, 0.2) is 46.3 Å². The van der Waals surface area contributed by atoms with Gasteiger partial charge in [-0.05, 0) is 23.6 Å². The molecule has 1 aromatic carbocycles. The van der Waals surface area contributed by atoms with Crippen LogP contribution in [0.2, 0.25) is 0 Å². The van der Waals surface area contributed by atoms with E-state index in [-0.39, 0.29) is 24.5 Å². The van der Waals surface area contributed by atoms with Crippen LogP contribution in [-0.2, 0) is 11.3 Å². The smallest absolute Gasteiger partial charge is 0.220 e. The first kappa shape index (κ1) is 14.9. The first-order valence-electron chi connectivity index (χ1n) is 6.23. The summed E-state index contributed by atoms with van der Waals surface area (Å²) in [7, 11) is 0. The van der Waals surface area contributed by atoms with Gasteiger partial charge in [-0.15, -0.1) is 11.3 Å². The minimum Gasteiger partial charge on any atom is -0.351 e. The van der Waals surface area contributed by atoms with Crippen LogP contribution in [0.3, 0.4) is 0 Å². The van der Waals surface area contributed by atoms with Crippen LogP contribution in [0.5, 0.6) is 0 Å². The summed E-state index contributed by atoms with van der Waals surface area (Å²) in [6.07, 6.45) is 0.457. The third-order valence-electron chi connectivity index (χ3n) is 2.79. The Balaban J connectivity index is 1.75. The zero-order valence-electron chi connectivity index (χ0n) is 10.8. The molecule has 0 atom stereocenters. The average molecular weight is 352 g/mol. The van der Waals surface area contributed by atoms with Crippen molar-refractivity contribution >= 4 is 39.0 Å². The van der Waals surface area contributed by atoms with Crippen molar-refractivity contribution in [2.24, 2.45) is 0 Å². The number of carbonyl (C=O) groups excluding carboxylic acids is 2. The summed E-state index contributed by atoms with van der Waals surface area (Å²) < 4.78 is 0.933. The van der Waals surface area contributed by atoms with Crippen molar-refractivity contribution in [3.63, 3.8) is 0 Å². The maximum Gasteiger partial charge on any atom is 0.220 e. The summed E-state index contributed by atoms with van der Waals surface area (Å²) in [5.41, 5.74) is 0.638. The molecule has 0 unspecified atom stereocenters. The van der Waals surface area contributed by atoms with Gasteiger partial charge in [0.1, 0.15) is 0 Å². The molecule has 2 rings (SSSR count). The second-order valence-electron chi connectivity index (χ2n) is 4.29. The van der Waals surface area contributed by atoms with Gasteiger partial charge in [0.05, 0.1) is 6.54 Å². The van der Waals surface area contributed by atoms with E-state index in [0.29, 0.717) is 12.1 Å². The Labute approximate surface area is 130 Å². The highest BCUT2D eigenvalue weighted by atomic mass is 79.9. The van der Waals surface area contributed by atoms with Gasteiger partial charge in [-0.25, -0.2) is 0 Å². The number of nitrogens with one attached hydrogen (secondary N) is 1. The third kappa shape index (κ3) is 4.58. The quantitative estimate of drug-likeness (QED) is 0.804. The zero-order valence-corrected chi connectivity index (χ0v) is 13.2. The Morgan fingerprint density at radius 3 is 2.50 bits per heavy atom. The first-order valence-corrected chi connectivity index (χ1v) is 7.90. The van der Waals surface area contributed by atoms with Crippen molar-refractivity contribution in [2.75, 3.05) is 0 Å². The molecule has 1 amide bonds. The molecule has 1 heterocycles. The SMILES string of the molecule is O=C(CCC(=O)c1ccc(Br)cc1)NCc1cccs1. The lowest BCUT2D eigenvalue weighted by Gasteiger charge is -2.04. The van der Waals surface area contributed by atoms with Crippen LogP contribution >= 0.6 is 27.3 Å². The Kier molecular flexibility index (Phi) is 5.49. The van der Waals surface area contributed by atoms with E-state index in [9.17, 15) is 9.59 Å². The molecule has 0 aliphatic carbocycles. The molecule has 0 spiro atoms. The number of carbonyl (C=O) groups is 2. The summed E-state index contributed by atoms with van der Waals surface area (Å²) in [6, 6.07) is 11.1. The molecule has 0 saturated carbocycles. The first-order chi connectivity index (χ1) is 9.65. The lowest BCUT2D eigenvalue weighted by molar-refractivity contribution is -0.121. The fourth-order valence-electron chi connectivity index (χ4n) is 1.69. The van der Waals surface area contributed by atoms with Crippen molar-refractivity contribution in [2.45, 2.75) is 19.4 Å². The average Bonchev–Trinajstić information content (AvgIpc) is 2.96. The Morgan fingerprint density at radius 1 is 1.10 bits per heavy atom. The molecule has 0 fully saturated rings. The van der Waals surface area contributed by atoms with E-state index < -0.39 is 0 Å². The number of hydrogen-bond donors (Lipinski definition) is 1. The van der Waals surface area contributed by atoms with Gasteiger partial charge in [0, 0.05) is 27.8 Å². The minimum absolute atomic E-state index is 0.0104. The minimum atomic E-state index is -0.0936. The molecule has 5 heteroatoms. The summed E-state index contributed by atoms with van der Waals surface area (Å²) in [5, 5.41) is 4.78. The van der Waals surface area contributed by atoms with Crippen LogP contribution in [0.1, 0.15) is 28.1 Å². The molecule has 3 nitrogen and oxygen atoms in total. The summed E-state index contributed by atoms with van der Waals surface area (Å²) in [5.74, 6) is -0.104. The second-order valence-corrected chi connectivity index (χ2v) is 6.23. The van der Waals surface area contributed by atoms with Crippen molar-refractivity contribution in [1.29, 1.82) is 0 Å². The molecule has 20 heavy (non-hydrogen) atoms. The van der Waals surface area contributed by atoms with Crippen LogP contribution < -0.4 is 5.32 Å². The molecule has 0 aliphatic heterocycles. The Bertz CT molecular complexity index is 578. The summed E-state index contributed by atoms with van der Waals surface area (Å²) in [4.78, 5) is 24.7. The van der Waals surface area contributed by atoms with Crippen molar-refractivity contribution in [3.05, 3.63) is 56.7 Å². The summed E-state index contributed by atoms with van der Waals surface area (Å²) in [6.45, 7) is 0.531. The van der Waals surface area contributed by atoms with E-state index >= 15 is 0 Å². The van der Waals surface area contributed by atoms with Gasteiger partial charge in [-0.2, -0.15) is 0 Å². The third-order valence-corrected chi connectivity index (χ3v) is 4.19. The molecule has 1 N–H and O–H groups in total. The fraction of sp³-hybridized carbons (Fsp3) is 0.200. The molecule has 104 valence electrons. The maximum absolute atomic E-state index is 11.9. The van der Waals surface area contributed by atoms with Crippen LogP contribution in [-0.4, -0.2) is 11.7 Å². The standard InChI is InChI=1S/C15H14BrNO2S/c16-12-5-3-11(4-6-12)14(18)7-8-15(19)17-10-13-2-1-9-20-13/h1-6,9H,7-8,10H2,(H,17,19). The Morgan fingerprint density at radius 2 is 1.85 bits per heavy atom. The van der Waals surface area contributed by atoms with Crippen LogP contribution in [0.4, 0.5) is 0 Å². The number of thiophene rings is 1. The van der Waals surface area contributed by atoms with Crippen molar-refractivity contribution < 1.29 is 9.59 Å². The van der Waals surface area contributed by atoms with Gasteiger partial charge in [0.15, 0.2) is 5.78 Å². The lowest BCUT2D eigenvalue weighted by Crippen LogP contribution is -2.22. The van der Waals surface area contributed by atoms with E-state index in [4.69, 9.17) is 0 Å². The number of rotatable bonds is 6. The van der Waals surface area contributed by atoms with Crippen molar-refractivity contribution in [3.8, 4) is 0 Å². The van der Waals surface area contributed by atoms with Gasteiger partial charge in [0.25, 0.3) is 0 Å². The molecule has 0 bridgehead atoms. The largest absolute Gasteiger partial charge is 0.351 e. The maximum atomic E-state index is 11.9.